The van der Waals surface area contributed by atoms with E-state index in [2.05, 4.69) is 26.2 Å². The van der Waals surface area contributed by atoms with Crippen molar-refractivity contribution in [2.24, 2.45) is 0 Å². The van der Waals surface area contributed by atoms with E-state index in [1.165, 1.54) is 48.2 Å². The van der Waals surface area contributed by atoms with Crippen molar-refractivity contribution in [2.45, 2.75) is 25.4 Å². The lowest BCUT2D eigenvalue weighted by Gasteiger charge is -2.27. The Morgan fingerprint density at radius 3 is 2.23 bits per heavy atom. The van der Waals surface area contributed by atoms with Gasteiger partial charge in [0.15, 0.2) is 0 Å². The van der Waals surface area contributed by atoms with E-state index in [1.807, 2.05) is 18.2 Å². The number of H-pyrrole nitrogens is 1. The van der Waals surface area contributed by atoms with Crippen LogP contribution in [0.2, 0.25) is 0 Å². The van der Waals surface area contributed by atoms with E-state index in [9.17, 15) is 27.6 Å². The number of aromatic nitrogens is 1. The molecule has 0 spiro atoms. The fourth-order valence-corrected chi connectivity index (χ4v) is 5.72. The van der Waals surface area contributed by atoms with Crippen molar-refractivity contribution in [1.82, 2.24) is 15.2 Å². The molecular weight excluding hydrogens is 689 g/mol. The Kier molecular flexibility index (Phi) is 10.8. The predicted molar refractivity (Wildman–Crippen MR) is 180 cm³/mol. The lowest BCUT2D eigenvalue weighted by molar-refractivity contribution is -0.136. The molecule has 1 atom stereocenters. The molecule has 0 aliphatic carbocycles. The number of rotatable bonds is 12. The molecule has 1 heterocycles. The molecule has 0 fully saturated rings. The normalized spacial score (nSPS) is 11.6. The van der Waals surface area contributed by atoms with Crippen molar-refractivity contribution in [3.63, 3.8) is 0 Å². The fraction of sp³-hybridized carbons (Fsp3) is 0.194. The summed E-state index contributed by atoms with van der Waals surface area (Å²) in [7, 11) is 3.02. The molecule has 0 aliphatic heterocycles. The van der Waals surface area contributed by atoms with Gasteiger partial charge in [-0.15, -0.1) is 0 Å². The minimum atomic E-state index is -1.25. The lowest BCUT2D eigenvalue weighted by Crippen LogP contribution is -2.51. The Balaban J connectivity index is 1.39. The number of anilines is 1. The van der Waals surface area contributed by atoms with E-state index >= 15 is 0 Å². The summed E-state index contributed by atoms with van der Waals surface area (Å²) in [6.45, 7) is -0.464. The maximum Gasteiger partial charge on any atom is 0.249 e. The number of likely N-dealkylation sites (N-methyl/N-ethyl adjacent to an activating group) is 1. The van der Waals surface area contributed by atoms with Gasteiger partial charge in [-0.25, -0.2) is 13.2 Å². The van der Waals surface area contributed by atoms with Crippen LogP contribution in [-0.4, -0.2) is 54.3 Å². The molecule has 2 N–H and O–H groups in total. The summed E-state index contributed by atoms with van der Waals surface area (Å²) in [6.07, 6.45) is 1.46. The maximum absolute atomic E-state index is 14.1. The highest BCUT2D eigenvalue weighted by molar-refractivity contribution is 9.10. The first kappa shape index (κ1) is 34.2. The van der Waals surface area contributed by atoms with E-state index in [1.54, 1.807) is 30.5 Å². The summed E-state index contributed by atoms with van der Waals surface area (Å²) in [5, 5.41) is 3.52. The number of amides is 3. The molecule has 3 amide bonds. The first-order chi connectivity index (χ1) is 23.0. The summed E-state index contributed by atoms with van der Waals surface area (Å²) < 4.78 is 47.9. The van der Waals surface area contributed by atoms with Gasteiger partial charge in [0, 0.05) is 53.3 Å². The molecule has 5 aromatic rings. The summed E-state index contributed by atoms with van der Waals surface area (Å²) in [6, 6.07) is 19.5. The minimum Gasteiger partial charge on any atom is -0.497 e. The number of hydrogen-bond donors (Lipinski definition) is 2. The van der Waals surface area contributed by atoms with Crippen molar-refractivity contribution >= 4 is 50.2 Å². The average Bonchev–Trinajstić information content (AvgIpc) is 3.45. The number of hydrogen-bond acceptors (Lipinski definition) is 4. The number of methoxy groups -OCH3 is 1. The van der Waals surface area contributed by atoms with Crippen LogP contribution in [0.5, 0.6) is 5.75 Å². The molecule has 1 unspecified atom stereocenters. The van der Waals surface area contributed by atoms with Crippen LogP contribution in [0, 0.1) is 17.5 Å². The lowest BCUT2D eigenvalue weighted by atomic mass is 10.0. The van der Waals surface area contributed by atoms with Crippen molar-refractivity contribution in [2.75, 3.05) is 25.6 Å². The number of nitrogens with zero attached hydrogens (tertiary/aromatic N) is 2. The molecule has 5 rings (SSSR count). The number of carbonyl (C=O) groups is 3. The molecule has 1 aromatic heterocycles. The molecule has 48 heavy (non-hydrogen) atoms. The highest BCUT2D eigenvalue weighted by Crippen LogP contribution is 2.24. The molecule has 0 radical (unpaired) electrons. The van der Waals surface area contributed by atoms with E-state index in [4.69, 9.17) is 4.74 Å². The number of fused-ring (bicyclic) bond motifs is 1. The van der Waals surface area contributed by atoms with E-state index < -0.39 is 41.9 Å². The molecule has 8 nitrogen and oxygen atoms in total. The van der Waals surface area contributed by atoms with E-state index in [0.29, 0.717) is 28.6 Å². The number of nitrogens with one attached hydrogen (secondary N) is 2. The molecular formula is C36H32BrF3N4O4. The quantitative estimate of drug-likeness (QED) is 0.158. The summed E-state index contributed by atoms with van der Waals surface area (Å²) in [4.78, 5) is 46.9. The Morgan fingerprint density at radius 1 is 0.875 bits per heavy atom. The standard InChI is InChI=1S/C36H32BrF3N4O4/c1-43(29-8-10-30(48-2)11-9-29)36(47)33(15-23-13-27(39)18-28(40)14-23)42-34(45)21-44(20-22-3-6-26(38)7-4-22)35(46)16-24-19-41-32-12-5-25(37)17-31(24)32/h3-14,17-19,33,41H,15-16,20-21H2,1-2H3,(H,42,45). The molecule has 4 aromatic carbocycles. The van der Waals surface area contributed by atoms with Crippen molar-refractivity contribution < 1.29 is 32.3 Å². The number of carbonyl (C=O) groups excluding carboxylic acids is 3. The number of benzene rings is 4. The van der Waals surface area contributed by atoms with Gasteiger partial charge < -0.3 is 24.8 Å². The van der Waals surface area contributed by atoms with Crippen molar-refractivity contribution in [3.05, 3.63) is 130 Å². The number of ether oxygens (including phenoxy) is 1. The van der Waals surface area contributed by atoms with Gasteiger partial charge in [0.25, 0.3) is 0 Å². The van der Waals surface area contributed by atoms with Crippen LogP contribution in [0.15, 0.2) is 95.6 Å². The van der Waals surface area contributed by atoms with Gasteiger partial charge in [0.1, 0.15) is 29.2 Å². The van der Waals surface area contributed by atoms with Gasteiger partial charge in [0.05, 0.1) is 20.1 Å². The van der Waals surface area contributed by atoms with Crippen LogP contribution in [0.4, 0.5) is 18.9 Å². The number of halogens is 4. The van der Waals surface area contributed by atoms with Crippen molar-refractivity contribution in [3.8, 4) is 5.75 Å². The van der Waals surface area contributed by atoms with Gasteiger partial charge in [-0.3, -0.25) is 14.4 Å². The summed E-state index contributed by atoms with van der Waals surface area (Å²) in [5.74, 6) is -3.15. The van der Waals surface area contributed by atoms with Crippen LogP contribution in [-0.2, 0) is 33.8 Å². The second kappa shape index (κ2) is 15.2. The van der Waals surface area contributed by atoms with Gasteiger partial charge in [-0.05, 0) is 83.4 Å². The van der Waals surface area contributed by atoms with Crippen molar-refractivity contribution in [1.29, 1.82) is 0 Å². The number of aromatic amines is 1. The largest absolute Gasteiger partial charge is 0.497 e. The van der Waals surface area contributed by atoms with E-state index in [0.717, 1.165) is 27.5 Å². The summed E-state index contributed by atoms with van der Waals surface area (Å²) in [5.41, 5.74) is 2.77. The Morgan fingerprint density at radius 2 is 1.56 bits per heavy atom. The topological polar surface area (TPSA) is 94.7 Å². The minimum absolute atomic E-state index is 0.0158. The molecule has 0 saturated heterocycles. The molecule has 0 saturated carbocycles. The molecule has 248 valence electrons. The second-order valence-electron chi connectivity index (χ2n) is 11.3. The zero-order valence-corrected chi connectivity index (χ0v) is 27.7. The third-order valence-electron chi connectivity index (χ3n) is 7.83. The monoisotopic (exact) mass is 720 g/mol. The van der Waals surface area contributed by atoms with E-state index in [-0.39, 0.29) is 30.9 Å². The van der Waals surface area contributed by atoms with Gasteiger partial charge in [-0.1, -0.05) is 28.1 Å². The third kappa shape index (κ3) is 8.62. The Hall–Kier alpha value is -5.10. The summed E-state index contributed by atoms with van der Waals surface area (Å²) >= 11 is 3.46. The maximum atomic E-state index is 14.1. The van der Waals surface area contributed by atoms with Gasteiger partial charge >= 0.3 is 0 Å². The predicted octanol–water partition coefficient (Wildman–Crippen LogP) is 6.32. The smallest absolute Gasteiger partial charge is 0.249 e. The van der Waals surface area contributed by atoms with Crippen LogP contribution >= 0.6 is 15.9 Å². The molecule has 0 aliphatic rings. The molecule has 12 heteroatoms. The third-order valence-corrected chi connectivity index (χ3v) is 8.32. The van der Waals surface area contributed by atoms with Crippen LogP contribution in [0.25, 0.3) is 10.9 Å². The zero-order valence-electron chi connectivity index (χ0n) is 26.1. The van der Waals surface area contributed by atoms with Crippen LogP contribution in [0.1, 0.15) is 16.7 Å². The van der Waals surface area contributed by atoms with Crippen LogP contribution in [0.3, 0.4) is 0 Å². The zero-order chi connectivity index (χ0) is 34.4. The van der Waals surface area contributed by atoms with Gasteiger partial charge in [0.2, 0.25) is 17.7 Å². The average molecular weight is 722 g/mol. The first-order valence-corrected chi connectivity index (χ1v) is 15.7. The first-order valence-electron chi connectivity index (χ1n) is 14.9. The fourth-order valence-electron chi connectivity index (χ4n) is 5.36. The van der Waals surface area contributed by atoms with Crippen LogP contribution < -0.4 is 15.0 Å². The highest BCUT2D eigenvalue weighted by atomic mass is 79.9. The SMILES string of the molecule is COc1ccc(N(C)C(=O)C(Cc2cc(F)cc(F)c2)NC(=O)CN(Cc2ccc(F)cc2)C(=O)Cc2c[nH]c3ccc(Br)cc23)cc1. The Labute approximate surface area is 283 Å². The second-order valence-corrected chi connectivity index (χ2v) is 12.2. The Bertz CT molecular complexity index is 1910. The highest BCUT2D eigenvalue weighted by Gasteiger charge is 2.28. The molecule has 0 bridgehead atoms. The van der Waals surface area contributed by atoms with Gasteiger partial charge in [-0.2, -0.15) is 0 Å².